The molecule has 1 rings (SSSR count). The zero-order valence-electron chi connectivity index (χ0n) is 6.67. The summed E-state index contributed by atoms with van der Waals surface area (Å²) in [4.78, 5) is 26.3. The summed E-state index contributed by atoms with van der Waals surface area (Å²) in [5.74, 6) is 0. The normalized spacial score (nSPS) is 23.0. The monoisotopic (exact) mass is 181 g/mol. The van der Waals surface area contributed by atoms with Gasteiger partial charge in [-0.1, -0.05) is 0 Å². The van der Waals surface area contributed by atoms with Crippen LogP contribution >= 0.6 is 0 Å². The van der Waals surface area contributed by atoms with Crippen LogP contribution in [0, 0.1) is 11.5 Å². The lowest BCUT2D eigenvalue weighted by atomic mass is 9.88. The standard InChI is InChI=1S/C6H6N2O2.CHNO/c9-3-7-5-1-6(2-5)8-4-10;2-1-3/h5-6H,1-2H2;3H. The van der Waals surface area contributed by atoms with E-state index in [1.165, 1.54) is 12.2 Å². The number of hydrogen-bond donors (Lipinski definition) is 1. The average molecular weight is 181 g/mol. The van der Waals surface area contributed by atoms with Gasteiger partial charge in [0, 0.05) is 0 Å². The molecule has 6 heteroatoms. The molecule has 0 radical (unpaired) electrons. The minimum absolute atomic E-state index is 0.0413. The third kappa shape index (κ3) is 4.49. The van der Waals surface area contributed by atoms with Crippen LogP contribution in [0.15, 0.2) is 9.98 Å². The maximum Gasteiger partial charge on any atom is 0.283 e. The highest BCUT2D eigenvalue weighted by Gasteiger charge is 2.28. The van der Waals surface area contributed by atoms with Crippen molar-refractivity contribution in [2.75, 3.05) is 0 Å². The van der Waals surface area contributed by atoms with Gasteiger partial charge >= 0.3 is 0 Å². The number of aliphatic hydroxyl groups excluding tert-OH is 1. The summed E-state index contributed by atoms with van der Waals surface area (Å²) in [6, 6.07) is 0.0826. The molecule has 6 nitrogen and oxygen atoms in total. The number of nitriles is 1. The van der Waals surface area contributed by atoms with Gasteiger partial charge in [0.2, 0.25) is 12.2 Å². The molecule has 68 valence electrons. The first-order chi connectivity index (χ1) is 6.28. The fourth-order valence-corrected chi connectivity index (χ4v) is 0.919. The average Bonchev–Trinajstić information content (AvgIpc) is 2.03. The Labute approximate surface area is 74.2 Å². The predicted octanol–water partition coefficient (Wildman–Crippen LogP) is 0.0290. The summed E-state index contributed by atoms with van der Waals surface area (Å²) in [5, 5.41) is 13.8. The van der Waals surface area contributed by atoms with Crippen LogP contribution in [0.25, 0.3) is 0 Å². The number of hydrogen-bond acceptors (Lipinski definition) is 6. The van der Waals surface area contributed by atoms with Crippen LogP contribution in [0.5, 0.6) is 0 Å². The molecule has 0 unspecified atom stereocenters. The lowest BCUT2D eigenvalue weighted by molar-refractivity contribution is 0.353. The molecule has 0 aromatic carbocycles. The lowest BCUT2D eigenvalue weighted by Gasteiger charge is -2.26. The van der Waals surface area contributed by atoms with Gasteiger partial charge in [-0.05, 0) is 12.8 Å². The van der Waals surface area contributed by atoms with Crippen molar-refractivity contribution >= 4 is 12.2 Å². The maximum absolute atomic E-state index is 9.67. The van der Waals surface area contributed by atoms with E-state index in [0.29, 0.717) is 12.8 Å². The van der Waals surface area contributed by atoms with Gasteiger partial charge in [0.1, 0.15) is 0 Å². The molecule has 1 aliphatic rings. The Morgan fingerprint density at radius 1 is 1.15 bits per heavy atom. The summed E-state index contributed by atoms with van der Waals surface area (Å²) >= 11 is 0. The van der Waals surface area contributed by atoms with Crippen molar-refractivity contribution < 1.29 is 14.7 Å². The second kappa shape index (κ2) is 6.74. The van der Waals surface area contributed by atoms with Crippen molar-refractivity contribution in [3.8, 4) is 6.26 Å². The second-order valence-corrected chi connectivity index (χ2v) is 2.32. The molecule has 1 saturated carbocycles. The molecular weight excluding hydrogens is 174 g/mol. The largest absolute Gasteiger partial charge is 0.443 e. The summed E-state index contributed by atoms with van der Waals surface area (Å²) < 4.78 is 0. The van der Waals surface area contributed by atoms with Crippen molar-refractivity contribution in [1.29, 1.82) is 5.26 Å². The molecule has 0 spiro atoms. The quantitative estimate of drug-likeness (QED) is 0.368. The molecule has 0 atom stereocenters. The van der Waals surface area contributed by atoms with E-state index in [1.807, 2.05) is 0 Å². The van der Waals surface area contributed by atoms with Crippen LogP contribution in [-0.2, 0) is 9.59 Å². The highest BCUT2D eigenvalue weighted by atomic mass is 16.2. The molecule has 1 aliphatic carbocycles. The van der Waals surface area contributed by atoms with Gasteiger partial charge in [-0.2, -0.15) is 5.26 Å². The molecule has 0 aliphatic heterocycles. The molecule has 13 heavy (non-hydrogen) atoms. The Morgan fingerprint density at radius 3 is 1.69 bits per heavy atom. The van der Waals surface area contributed by atoms with E-state index in [0.717, 1.165) is 6.26 Å². The van der Waals surface area contributed by atoms with Crippen LogP contribution in [0.3, 0.4) is 0 Å². The van der Waals surface area contributed by atoms with Crippen molar-refractivity contribution in [2.24, 2.45) is 9.98 Å². The lowest BCUT2D eigenvalue weighted by Crippen LogP contribution is -2.30. The summed E-state index contributed by atoms with van der Waals surface area (Å²) in [6.45, 7) is 0. The SMILES string of the molecule is N#CO.O=C=NC1CC(N=C=O)C1. The number of rotatable bonds is 2. The Morgan fingerprint density at radius 2 is 1.46 bits per heavy atom. The third-order valence-electron chi connectivity index (χ3n) is 1.56. The predicted molar refractivity (Wildman–Crippen MR) is 40.6 cm³/mol. The maximum atomic E-state index is 9.67. The second-order valence-electron chi connectivity index (χ2n) is 2.32. The molecule has 0 amide bonds. The van der Waals surface area contributed by atoms with E-state index in [4.69, 9.17) is 10.4 Å². The van der Waals surface area contributed by atoms with Gasteiger partial charge < -0.3 is 5.11 Å². The first-order valence-corrected chi connectivity index (χ1v) is 3.45. The number of isocyanates is 2. The number of nitrogens with zero attached hydrogens (tertiary/aromatic N) is 3. The zero-order valence-corrected chi connectivity index (χ0v) is 6.67. The smallest absolute Gasteiger partial charge is 0.283 e. The van der Waals surface area contributed by atoms with E-state index in [9.17, 15) is 9.59 Å². The molecule has 0 aromatic heterocycles. The first kappa shape index (κ1) is 11.1. The Bertz CT molecular complexity index is 256. The van der Waals surface area contributed by atoms with Gasteiger partial charge in [0.05, 0.1) is 12.1 Å². The molecule has 0 aromatic rings. The Hall–Kier alpha value is -1.95. The molecule has 1 fully saturated rings. The fraction of sp³-hybridized carbons (Fsp3) is 0.571. The fourth-order valence-electron chi connectivity index (χ4n) is 0.919. The molecule has 0 saturated heterocycles. The van der Waals surface area contributed by atoms with E-state index >= 15 is 0 Å². The number of carbonyl (C=O) groups excluding carboxylic acids is 2. The number of aliphatic hydroxyl groups is 1. The zero-order chi connectivity index (χ0) is 10.1. The van der Waals surface area contributed by atoms with Gasteiger partial charge in [-0.25, -0.2) is 19.6 Å². The van der Waals surface area contributed by atoms with Gasteiger partial charge in [-0.3, -0.25) is 0 Å². The van der Waals surface area contributed by atoms with Gasteiger partial charge in [0.25, 0.3) is 6.26 Å². The van der Waals surface area contributed by atoms with Crippen LogP contribution < -0.4 is 0 Å². The van der Waals surface area contributed by atoms with E-state index in [-0.39, 0.29) is 12.1 Å². The van der Waals surface area contributed by atoms with Crippen LogP contribution in [0.4, 0.5) is 0 Å². The van der Waals surface area contributed by atoms with Crippen LogP contribution in [0.1, 0.15) is 12.8 Å². The van der Waals surface area contributed by atoms with E-state index in [1.54, 1.807) is 0 Å². The molecule has 0 heterocycles. The highest BCUT2D eigenvalue weighted by molar-refractivity contribution is 5.36. The van der Waals surface area contributed by atoms with Crippen molar-refractivity contribution in [3.63, 3.8) is 0 Å². The Balaban J connectivity index is 0.000000424. The first-order valence-electron chi connectivity index (χ1n) is 3.45. The molecule has 1 N–H and O–H groups in total. The Kier molecular flexibility index (Phi) is 5.73. The summed E-state index contributed by atoms with van der Waals surface area (Å²) in [6.07, 6.45) is 5.05. The molecule has 0 bridgehead atoms. The van der Waals surface area contributed by atoms with E-state index in [2.05, 4.69) is 9.98 Å². The highest BCUT2D eigenvalue weighted by Crippen LogP contribution is 2.25. The van der Waals surface area contributed by atoms with Crippen LogP contribution in [0.2, 0.25) is 0 Å². The minimum Gasteiger partial charge on any atom is -0.443 e. The molecular formula is C7H7N3O3. The topological polar surface area (TPSA) is 103 Å². The van der Waals surface area contributed by atoms with E-state index < -0.39 is 0 Å². The summed E-state index contributed by atoms with van der Waals surface area (Å²) in [5.41, 5.74) is 0. The third-order valence-corrected chi connectivity index (χ3v) is 1.56. The van der Waals surface area contributed by atoms with Gasteiger partial charge in [0.15, 0.2) is 0 Å². The summed E-state index contributed by atoms with van der Waals surface area (Å²) in [7, 11) is 0. The van der Waals surface area contributed by atoms with Gasteiger partial charge in [-0.15, -0.1) is 0 Å². The van der Waals surface area contributed by atoms with Crippen LogP contribution in [-0.4, -0.2) is 29.4 Å². The minimum atomic E-state index is 0.0413. The van der Waals surface area contributed by atoms with Crippen molar-refractivity contribution in [1.82, 2.24) is 0 Å². The van der Waals surface area contributed by atoms with Crippen molar-refractivity contribution in [3.05, 3.63) is 0 Å². The number of aliphatic imine (C=N–C) groups is 2. The van der Waals surface area contributed by atoms with Crippen molar-refractivity contribution in [2.45, 2.75) is 24.9 Å².